The second-order valence-electron chi connectivity index (χ2n) is 7.69. The summed E-state index contributed by atoms with van der Waals surface area (Å²) >= 11 is 0. The molecule has 29 heavy (non-hydrogen) atoms. The highest BCUT2D eigenvalue weighted by molar-refractivity contribution is 5.51. The van der Waals surface area contributed by atoms with Crippen molar-refractivity contribution in [2.45, 2.75) is 13.5 Å². The lowest BCUT2D eigenvalue weighted by atomic mass is 10.3. The highest BCUT2D eigenvalue weighted by atomic mass is 16.5. The minimum atomic E-state index is 0.764. The predicted molar refractivity (Wildman–Crippen MR) is 112 cm³/mol. The number of aromatic nitrogens is 4. The van der Waals surface area contributed by atoms with E-state index in [4.69, 9.17) is 14.7 Å². The maximum atomic E-state index is 5.47. The van der Waals surface area contributed by atoms with Gasteiger partial charge in [-0.05, 0) is 19.1 Å². The van der Waals surface area contributed by atoms with E-state index in [0.29, 0.717) is 0 Å². The Morgan fingerprint density at radius 3 is 2.34 bits per heavy atom. The fourth-order valence-corrected chi connectivity index (χ4v) is 4.08. The van der Waals surface area contributed by atoms with Crippen LogP contribution in [0.4, 0.5) is 11.6 Å². The summed E-state index contributed by atoms with van der Waals surface area (Å²) in [5.74, 6) is 2.88. The van der Waals surface area contributed by atoms with Crippen LogP contribution in [0.5, 0.6) is 0 Å². The third-order valence-electron chi connectivity index (χ3n) is 5.64. The molecule has 0 saturated carbocycles. The number of anilines is 2. The molecule has 2 saturated heterocycles. The molecule has 0 spiro atoms. The number of piperazine rings is 1. The molecular weight excluding hydrogens is 366 g/mol. The summed E-state index contributed by atoms with van der Waals surface area (Å²) in [6, 6.07) is 8.24. The van der Waals surface area contributed by atoms with Crippen LogP contribution in [0.3, 0.4) is 0 Å². The van der Waals surface area contributed by atoms with Gasteiger partial charge in [0.15, 0.2) is 0 Å². The number of hydrogen-bond donors (Lipinski definition) is 0. The highest BCUT2D eigenvalue weighted by Crippen LogP contribution is 2.21. The first kappa shape index (κ1) is 18.3. The number of aryl methyl sites for hydroxylation is 1. The third-order valence-corrected chi connectivity index (χ3v) is 5.64. The van der Waals surface area contributed by atoms with Crippen molar-refractivity contribution in [3.05, 3.63) is 48.2 Å². The zero-order valence-electron chi connectivity index (χ0n) is 16.9. The molecule has 3 aromatic heterocycles. The number of ether oxygens (including phenoxy) is 1. The fraction of sp³-hybridized carbons (Fsp3) is 0.476. The lowest BCUT2D eigenvalue weighted by molar-refractivity contribution is 0.122. The van der Waals surface area contributed by atoms with E-state index in [9.17, 15) is 0 Å². The zero-order chi connectivity index (χ0) is 19.6. The molecule has 5 heterocycles. The van der Waals surface area contributed by atoms with Gasteiger partial charge in [0.25, 0.3) is 0 Å². The quantitative estimate of drug-likeness (QED) is 0.667. The molecule has 0 amide bonds. The van der Waals surface area contributed by atoms with Crippen LogP contribution in [0.15, 0.2) is 36.7 Å². The second-order valence-corrected chi connectivity index (χ2v) is 7.69. The minimum absolute atomic E-state index is 0.764. The van der Waals surface area contributed by atoms with Crippen molar-refractivity contribution >= 4 is 17.3 Å². The first-order valence-corrected chi connectivity index (χ1v) is 10.3. The number of rotatable bonds is 4. The Balaban J connectivity index is 1.23. The molecule has 8 heteroatoms. The van der Waals surface area contributed by atoms with E-state index < -0.39 is 0 Å². The van der Waals surface area contributed by atoms with Gasteiger partial charge in [-0.2, -0.15) is 0 Å². The molecular formula is C21H27N7O. The van der Waals surface area contributed by atoms with E-state index in [1.165, 1.54) is 0 Å². The number of nitrogens with zero attached hydrogens (tertiary/aromatic N) is 7. The first-order chi connectivity index (χ1) is 14.2. The monoisotopic (exact) mass is 393 g/mol. The topological polar surface area (TPSA) is 62.0 Å². The van der Waals surface area contributed by atoms with Crippen LogP contribution in [-0.2, 0) is 11.3 Å². The van der Waals surface area contributed by atoms with Crippen LogP contribution in [0.1, 0.15) is 11.5 Å². The van der Waals surface area contributed by atoms with Gasteiger partial charge in [-0.3, -0.25) is 4.90 Å². The van der Waals surface area contributed by atoms with Crippen LogP contribution in [0.2, 0.25) is 0 Å². The number of imidazole rings is 1. The van der Waals surface area contributed by atoms with Gasteiger partial charge in [0, 0.05) is 64.3 Å². The average molecular weight is 393 g/mol. The van der Waals surface area contributed by atoms with Crippen LogP contribution in [0.25, 0.3) is 5.65 Å². The second kappa shape index (κ2) is 7.96. The smallest absolute Gasteiger partial charge is 0.137 e. The van der Waals surface area contributed by atoms with Gasteiger partial charge < -0.3 is 18.9 Å². The zero-order valence-corrected chi connectivity index (χ0v) is 16.9. The van der Waals surface area contributed by atoms with Crippen molar-refractivity contribution in [3.8, 4) is 0 Å². The number of morpholine rings is 1. The van der Waals surface area contributed by atoms with E-state index in [1.807, 2.05) is 31.3 Å². The molecule has 2 aliphatic rings. The molecule has 0 aliphatic carbocycles. The summed E-state index contributed by atoms with van der Waals surface area (Å²) in [6.45, 7) is 10.1. The van der Waals surface area contributed by atoms with Gasteiger partial charge in [0.2, 0.25) is 0 Å². The van der Waals surface area contributed by atoms with E-state index in [-0.39, 0.29) is 0 Å². The van der Waals surface area contributed by atoms with Gasteiger partial charge in [-0.15, -0.1) is 0 Å². The van der Waals surface area contributed by atoms with Crippen molar-refractivity contribution in [2.75, 3.05) is 62.3 Å². The van der Waals surface area contributed by atoms with Gasteiger partial charge in [-0.1, -0.05) is 6.07 Å². The average Bonchev–Trinajstić information content (AvgIpc) is 3.17. The Hall–Kier alpha value is -2.71. The molecule has 0 atom stereocenters. The summed E-state index contributed by atoms with van der Waals surface area (Å²) in [4.78, 5) is 21.2. The van der Waals surface area contributed by atoms with E-state index in [2.05, 4.69) is 36.3 Å². The van der Waals surface area contributed by atoms with Crippen molar-refractivity contribution in [3.63, 3.8) is 0 Å². The van der Waals surface area contributed by atoms with Crippen LogP contribution in [-0.4, -0.2) is 76.7 Å². The largest absolute Gasteiger partial charge is 0.378 e. The lowest BCUT2D eigenvalue weighted by Crippen LogP contribution is -2.46. The van der Waals surface area contributed by atoms with Gasteiger partial charge in [0.05, 0.1) is 18.9 Å². The SMILES string of the molecule is Cc1nc(N2CCOCC2)cc(N2CCN(Cc3cn4ccccc4n3)CC2)n1. The Labute approximate surface area is 170 Å². The summed E-state index contributed by atoms with van der Waals surface area (Å²) in [5.41, 5.74) is 2.13. The standard InChI is InChI=1S/C21H27N7O/c1-17-22-20(14-21(23-17)27-10-12-29-13-11-27)26-8-6-25(7-9-26)15-18-16-28-5-3-2-4-19(28)24-18/h2-5,14,16H,6-13,15H2,1H3. The van der Waals surface area contributed by atoms with Gasteiger partial charge in [-0.25, -0.2) is 15.0 Å². The Kier molecular flexibility index (Phi) is 5.03. The fourth-order valence-electron chi connectivity index (χ4n) is 4.08. The summed E-state index contributed by atoms with van der Waals surface area (Å²) in [7, 11) is 0. The molecule has 152 valence electrons. The summed E-state index contributed by atoms with van der Waals surface area (Å²) < 4.78 is 7.56. The van der Waals surface area contributed by atoms with Crippen LogP contribution < -0.4 is 9.80 Å². The molecule has 0 aromatic carbocycles. The lowest BCUT2D eigenvalue weighted by Gasteiger charge is -2.35. The maximum absolute atomic E-state index is 5.47. The number of fused-ring (bicyclic) bond motifs is 1. The summed E-state index contributed by atoms with van der Waals surface area (Å²) in [5, 5.41) is 0. The Bertz CT molecular complexity index is 941. The minimum Gasteiger partial charge on any atom is -0.378 e. The van der Waals surface area contributed by atoms with Crippen LogP contribution >= 0.6 is 0 Å². The molecule has 0 N–H and O–H groups in total. The molecule has 5 rings (SSSR count). The Morgan fingerprint density at radius 1 is 0.897 bits per heavy atom. The molecule has 2 fully saturated rings. The molecule has 0 radical (unpaired) electrons. The van der Waals surface area contributed by atoms with E-state index >= 15 is 0 Å². The molecule has 2 aliphatic heterocycles. The van der Waals surface area contributed by atoms with Crippen molar-refractivity contribution in [1.29, 1.82) is 0 Å². The van der Waals surface area contributed by atoms with E-state index in [1.54, 1.807) is 0 Å². The van der Waals surface area contributed by atoms with Crippen LogP contribution in [0, 0.1) is 6.92 Å². The Morgan fingerprint density at radius 2 is 1.62 bits per heavy atom. The van der Waals surface area contributed by atoms with Gasteiger partial charge >= 0.3 is 0 Å². The molecule has 0 bridgehead atoms. The number of pyridine rings is 1. The molecule has 8 nitrogen and oxygen atoms in total. The molecule has 3 aromatic rings. The van der Waals surface area contributed by atoms with E-state index in [0.717, 1.165) is 87.8 Å². The summed E-state index contributed by atoms with van der Waals surface area (Å²) in [6.07, 6.45) is 4.18. The first-order valence-electron chi connectivity index (χ1n) is 10.3. The molecule has 0 unspecified atom stereocenters. The maximum Gasteiger partial charge on any atom is 0.137 e. The normalized spacial score (nSPS) is 18.5. The van der Waals surface area contributed by atoms with Crippen molar-refractivity contribution in [1.82, 2.24) is 24.3 Å². The third kappa shape index (κ3) is 4.04. The van der Waals surface area contributed by atoms with Gasteiger partial charge in [0.1, 0.15) is 23.1 Å². The van der Waals surface area contributed by atoms with Crippen molar-refractivity contribution < 1.29 is 4.74 Å². The predicted octanol–water partition coefficient (Wildman–Crippen LogP) is 1.59. The number of hydrogen-bond acceptors (Lipinski definition) is 7. The highest BCUT2D eigenvalue weighted by Gasteiger charge is 2.21. The van der Waals surface area contributed by atoms with Crippen molar-refractivity contribution in [2.24, 2.45) is 0 Å².